The molecule has 2 N–H and O–H groups in total. The van der Waals surface area contributed by atoms with Crippen molar-refractivity contribution in [1.29, 1.82) is 0 Å². The summed E-state index contributed by atoms with van der Waals surface area (Å²) in [5, 5.41) is 18.3. The molecule has 312 valence electrons. The van der Waals surface area contributed by atoms with Gasteiger partial charge >= 0.3 is 23.9 Å². The number of hydrogen-bond donors (Lipinski definition) is 2. The average Bonchev–Trinajstić information content (AvgIpc) is 3.09. The van der Waals surface area contributed by atoms with E-state index in [0.717, 1.165) is 50.3 Å². The zero-order chi connectivity index (χ0) is 41.1. The van der Waals surface area contributed by atoms with Crippen LogP contribution in [0.3, 0.4) is 0 Å². The Kier molecular flexibility index (Phi) is 36.6. The average molecular weight is 826 g/mol. The molecule has 1 atom stereocenters. The smallest absolute Gasteiger partial charge is 0.316 e. The van der Waals surface area contributed by atoms with Crippen LogP contribution in [0.15, 0.2) is 0 Å². The van der Waals surface area contributed by atoms with Crippen LogP contribution in [0.1, 0.15) is 158 Å². The van der Waals surface area contributed by atoms with Gasteiger partial charge in [-0.1, -0.05) is 48.0 Å². The van der Waals surface area contributed by atoms with Gasteiger partial charge in [0, 0.05) is 31.4 Å². The topological polar surface area (TPSA) is 180 Å². The first kappa shape index (κ1) is 55.0. The molecular formula is C40H73BrO12. The third-order valence-corrected chi connectivity index (χ3v) is 8.75. The minimum Gasteiger partial charge on any atom is -0.466 e. The molecule has 0 aromatic rings. The van der Waals surface area contributed by atoms with Crippen LogP contribution in [0.4, 0.5) is 0 Å². The number of hydrogen-bond acceptors (Lipinski definition) is 12. The molecule has 0 bridgehead atoms. The number of unbranched alkanes of at least 4 members (excludes halogenated alkanes) is 6. The van der Waals surface area contributed by atoms with Crippen LogP contribution in [0.25, 0.3) is 0 Å². The first-order chi connectivity index (χ1) is 25.0. The summed E-state index contributed by atoms with van der Waals surface area (Å²) in [6.07, 6.45) is 10.6. The van der Waals surface area contributed by atoms with Gasteiger partial charge in [-0.15, -0.1) is 0 Å². The van der Waals surface area contributed by atoms with E-state index in [1.165, 1.54) is 0 Å². The zero-order valence-corrected chi connectivity index (χ0v) is 35.8. The van der Waals surface area contributed by atoms with Gasteiger partial charge in [0.2, 0.25) is 0 Å². The highest BCUT2D eigenvalue weighted by molar-refractivity contribution is 9.09. The number of carbonyl (C=O) groups excluding carboxylic acids is 6. The molecule has 0 radical (unpaired) electrons. The van der Waals surface area contributed by atoms with Crippen LogP contribution in [-0.2, 0) is 47.7 Å². The molecule has 13 heteroatoms. The minimum absolute atomic E-state index is 0.0791. The second-order valence-corrected chi connectivity index (χ2v) is 14.8. The van der Waals surface area contributed by atoms with Crippen LogP contribution in [0.2, 0.25) is 0 Å². The molecule has 0 aromatic carbocycles. The molecule has 0 aliphatic rings. The Morgan fingerprint density at radius 2 is 1.02 bits per heavy atom. The standard InChI is InChI=1S/C20H36O6.C10H19BrO2.C10H18O4/c1-5-25-18(23)16(17(22)13-8-7-11-15-21)12-9-10-14-20(3,4)19(24)26-6-2;1-4-13-9(12)10(2,3)7-5-6-8-11;1-2-14-10(13)8-9(12)6-4-3-5-7-11/h16,21H,5-15H2,1-4H3;4-8H2,1-3H3;11H,2-8H2,1H3. The summed E-state index contributed by atoms with van der Waals surface area (Å²) < 4.78 is 19.7. The lowest BCUT2D eigenvalue weighted by atomic mass is 9.85. The molecule has 0 aromatic heterocycles. The molecule has 1 unspecified atom stereocenters. The molecule has 12 nitrogen and oxygen atoms in total. The summed E-state index contributed by atoms with van der Waals surface area (Å²) in [6, 6.07) is 0. The summed E-state index contributed by atoms with van der Waals surface area (Å²) in [5.41, 5.74) is -0.887. The number of rotatable bonds is 29. The van der Waals surface area contributed by atoms with Crippen LogP contribution in [0, 0.1) is 16.7 Å². The van der Waals surface area contributed by atoms with E-state index in [-0.39, 0.29) is 55.2 Å². The summed E-state index contributed by atoms with van der Waals surface area (Å²) >= 11 is 3.37. The van der Waals surface area contributed by atoms with E-state index in [2.05, 4.69) is 20.7 Å². The van der Waals surface area contributed by atoms with Gasteiger partial charge in [-0.25, -0.2) is 0 Å². The SMILES string of the molecule is CCOC(=O)C(C)(C)CCCCBr.CCOC(=O)C(CCCCC(C)(C)C(=O)OCC)C(=O)CCCCCO.CCOC(=O)CC(=O)CCCCCO. The zero-order valence-electron chi connectivity index (χ0n) is 34.2. The van der Waals surface area contributed by atoms with Crippen molar-refractivity contribution in [2.75, 3.05) is 45.0 Å². The van der Waals surface area contributed by atoms with Crippen molar-refractivity contribution < 1.29 is 57.9 Å². The number of esters is 4. The number of Topliss-reactive ketones (excluding diaryl/α,β-unsaturated/α-hetero) is 2. The molecular weight excluding hydrogens is 752 g/mol. The Balaban J connectivity index is -0.000000780. The molecule has 0 saturated carbocycles. The number of ether oxygens (including phenoxy) is 4. The summed E-state index contributed by atoms with van der Waals surface area (Å²) in [7, 11) is 0. The normalized spacial score (nSPS) is 11.5. The summed E-state index contributed by atoms with van der Waals surface area (Å²) in [6.45, 7) is 16.3. The number of ketones is 2. The van der Waals surface area contributed by atoms with Crippen LogP contribution >= 0.6 is 15.9 Å². The first-order valence-corrected chi connectivity index (χ1v) is 20.7. The lowest BCUT2D eigenvalue weighted by Crippen LogP contribution is -2.28. The molecule has 0 aliphatic heterocycles. The van der Waals surface area contributed by atoms with Crippen molar-refractivity contribution in [3.05, 3.63) is 0 Å². The highest BCUT2D eigenvalue weighted by atomic mass is 79.9. The Morgan fingerprint density at radius 1 is 0.566 bits per heavy atom. The Morgan fingerprint density at radius 3 is 1.45 bits per heavy atom. The second kappa shape index (κ2) is 35.3. The van der Waals surface area contributed by atoms with Gasteiger partial charge in [0.05, 0.1) is 37.3 Å². The lowest BCUT2D eigenvalue weighted by Gasteiger charge is -2.22. The Hall–Kier alpha value is -2.38. The minimum atomic E-state index is -0.727. The van der Waals surface area contributed by atoms with E-state index in [9.17, 15) is 28.8 Å². The van der Waals surface area contributed by atoms with E-state index < -0.39 is 23.3 Å². The number of aliphatic hydroxyl groups excluding tert-OH is 2. The fourth-order valence-electron chi connectivity index (χ4n) is 4.92. The van der Waals surface area contributed by atoms with Gasteiger partial charge in [-0.2, -0.15) is 0 Å². The van der Waals surface area contributed by atoms with E-state index in [1.54, 1.807) is 20.8 Å². The molecule has 0 spiro atoms. The fraction of sp³-hybridized carbons (Fsp3) is 0.850. The van der Waals surface area contributed by atoms with Gasteiger partial charge in [-0.3, -0.25) is 28.8 Å². The summed E-state index contributed by atoms with van der Waals surface area (Å²) in [5.74, 6) is -2.10. The van der Waals surface area contributed by atoms with Crippen molar-refractivity contribution >= 4 is 51.4 Å². The van der Waals surface area contributed by atoms with Gasteiger partial charge in [0.25, 0.3) is 0 Å². The third-order valence-electron chi connectivity index (χ3n) is 8.19. The molecule has 0 amide bonds. The maximum atomic E-state index is 12.4. The Labute approximate surface area is 328 Å². The van der Waals surface area contributed by atoms with E-state index in [1.807, 2.05) is 34.6 Å². The van der Waals surface area contributed by atoms with Crippen molar-refractivity contribution in [2.45, 2.75) is 158 Å². The first-order valence-electron chi connectivity index (χ1n) is 19.5. The Bertz CT molecular complexity index is 996. The molecule has 0 saturated heterocycles. The van der Waals surface area contributed by atoms with Crippen molar-refractivity contribution in [1.82, 2.24) is 0 Å². The highest BCUT2D eigenvalue weighted by Gasteiger charge is 2.31. The predicted molar refractivity (Wildman–Crippen MR) is 209 cm³/mol. The van der Waals surface area contributed by atoms with Gasteiger partial charge in [-0.05, 0) is 107 Å². The van der Waals surface area contributed by atoms with Gasteiger partial charge in [0.15, 0.2) is 0 Å². The van der Waals surface area contributed by atoms with Crippen molar-refractivity contribution in [3.8, 4) is 0 Å². The predicted octanol–water partition coefficient (Wildman–Crippen LogP) is 7.64. The number of halogens is 1. The maximum Gasteiger partial charge on any atom is 0.316 e. The van der Waals surface area contributed by atoms with E-state index in [4.69, 9.17) is 24.4 Å². The molecule has 53 heavy (non-hydrogen) atoms. The maximum absolute atomic E-state index is 12.4. The van der Waals surface area contributed by atoms with Crippen LogP contribution in [0.5, 0.6) is 0 Å². The van der Waals surface area contributed by atoms with Crippen molar-refractivity contribution in [3.63, 3.8) is 0 Å². The second-order valence-electron chi connectivity index (χ2n) is 14.0. The molecule has 0 rings (SSSR count). The number of carbonyl (C=O) groups is 6. The highest BCUT2D eigenvalue weighted by Crippen LogP contribution is 2.27. The molecule has 0 heterocycles. The number of aliphatic hydroxyl groups is 2. The van der Waals surface area contributed by atoms with Crippen LogP contribution in [-0.4, -0.2) is 90.6 Å². The van der Waals surface area contributed by atoms with Gasteiger partial charge < -0.3 is 29.2 Å². The van der Waals surface area contributed by atoms with Crippen molar-refractivity contribution in [2.24, 2.45) is 16.7 Å². The number of alkyl halides is 1. The molecule has 0 aliphatic carbocycles. The third kappa shape index (κ3) is 31.7. The van der Waals surface area contributed by atoms with Crippen LogP contribution < -0.4 is 0 Å². The quantitative estimate of drug-likeness (QED) is 0.0248. The fourth-order valence-corrected chi connectivity index (χ4v) is 5.32. The largest absolute Gasteiger partial charge is 0.466 e. The molecule has 0 fully saturated rings. The monoisotopic (exact) mass is 824 g/mol. The van der Waals surface area contributed by atoms with E-state index >= 15 is 0 Å². The van der Waals surface area contributed by atoms with Gasteiger partial charge in [0.1, 0.15) is 23.9 Å². The lowest BCUT2D eigenvalue weighted by molar-refractivity contribution is -0.154. The summed E-state index contributed by atoms with van der Waals surface area (Å²) in [4.78, 5) is 69.8. The van der Waals surface area contributed by atoms with E-state index in [0.29, 0.717) is 71.2 Å².